The van der Waals surface area contributed by atoms with Crippen molar-refractivity contribution in [3.8, 4) is 0 Å². The number of aryl methyl sites for hydroxylation is 2. The van der Waals surface area contributed by atoms with Crippen molar-refractivity contribution < 1.29 is 4.79 Å². The van der Waals surface area contributed by atoms with E-state index in [0.717, 1.165) is 22.6 Å². The Morgan fingerprint density at radius 1 is 1.10 bits per heavy atom. The van der Waals surface area contributed by atoms with Crippen LogP contribution < -0.4 is 4.90 Å². The van der Waals surface area contributed by atoms with Crippen LogP contribution in [-0.2, 0) is 6.54 Å². The van der Waals surface area contributed by atoms with E-state index in [9.17, 15) is 4.79 Å². The molecule has 0 spiro atoms. The predicted octanol–water partition coefficient (Wildman–Crippen LogP) is 5.50. The third-order valence-electron chi connectivity index (χ3n) is 4.79. The number of benzene rings is 1. The molecule has 146 valence electrons. The van der Waals surface area contributed by atoms with Crippen LogP contribution in [-0.4, -0.2) is 20.3 Å². The standard InChI is InChI=1S/C22H18Cl2N4O/c1-14-12-25-7-6-19(14)22(29)28(18-10-16(23)9-17(24)11-18)13-20-15(2)26-21-5-3-4-8-27(20)21/h3-12H,13H2,1-2H3. The number of imidazole rings is 1. The molecule has 0 radical (unpaired) electrons. The second kappa shape index (κ2) is 7.85. The molecule has 0 aliphatic heterocycles. The molecule has 7 heteroatoms. The van der Waals surface area contributed by atoms with Gasteiger partial charge in [0, 0.05) is 39.9 Å². The Kier molecular flexibility index (Phi) is 5.26. The van der Waals surface area contributed by atoms with Gasteiger partial charge in [-0.25, -0.2) is 4.98 Å². The van der Waals surface area contributed by atoms with Crippen molar-refractivity contribution in [3.63, 3.8) is 0 Å². The lowest BCUT2D eigenvalue weighted by Crippen LogP contribution is -2.31. The van der Waals surface area contributed by atoms with Crippen molar-refractivity contribution >= 4 is 40.4 Å². The van der Waals surface area contributed by atoms with Crippen LogP contribution in [0.1, 0.15) is 27.3 Å². The minimum Gasteiger partial charge on any atom is -0.302 e. The summed E-state index contributed by atoms with van der Waals surface area (Å²) in [4.78, 5) is 23.9. The predicted molar refractivity (Wildman–Crippen MR) is 116 cm³/mol. The van der Waals surface area contributed by atoms with Gasteiger partial charge in [-0.2, -0.15) is 0 Å². The third-order valence-corrected chi connectivity index (χ3v) is 5.23. The minimum atomic E-state index is -0.159. The number of aromatic nitrogens is 3. The van der Waals surface area contributed by atoms with E-state index < -0.39 is 0 Å². The molecule has 0 fully saturated rings. The molecule has 1 aromatic carbocycles. The lowest BCUT2D eigenvalue weighted by Gasteiger charge is -2.24. The maximum absolute atomic E-state index is 13.5. The zero-order valence-electron chi connectivity index (χ0n) is 15.9. The van der Waals surface area contributed by atoms with Gasteiger partial charge >= 0.3 is 0 Å². The second-order valence-corrected chi connectivity index (χ2v) is 7.66. The number of nitrogens with zero attached hydrogens (tertiary/aromatic N) is 4. The number of carbonyl (C=O) groups is 1. The normalized spacial score (nSPS) is 11.0. The summed E-state index contributed by atoms with van der Waals surface area (Å²) in [5.41, 5.74) is 4.59. The topological polar surface area (TPSA) is 50.5 Å². The fourth-order valence-corrected chi connectivity index (χ4v) is 3.85. The van der Waals surface area contributed by atoms with E-state index in [2.05, 4.69) is 9.97 Å². The van der Waals surface area contributed by atoms with Gasteiger partial charge < -0.3 is 9.30 Å². The lowest BCUT2D eigenvalue weighted by molar-refractivity contribution is 0.0984. The average molecular weight is 425 g/mol. The SMILES string of the molecule is Cc1cnccc1C(=O)N(Cc1c(C)nc2ccccn12)c1cc(Cl)cc(Cl)c1. The van der Waals surface area contributed by atoms with Crippen molar-refractivity contribution in [2.24, 2.45) is 0 Å². The highest BCUT2D eigenvalue weighted by atomic mass is 35.5. The number of hydrogen-bond donors (Lipinski definition) is 0. The number of rotatable bonds is 4. The van der Waals surface area contributed by atoms with Gasteiger partial charge in [-0.15, -0.1) is 0 Å². The van der Waals surface area contributed by atoms with Crippen LogP contribution in [0.3, 0.4) is 0 Å². The van der Waals surface area contributed by atoms with Crippen molar-refractivity contribution in [1.29, 1.82) is 0 Å². The number of carbonyl (C=O) groups excluding carboxylic acids is 1. The summed E-state index contributed by atoms with van der Waals surface area (Å²) in [7, 11) is 0. The van der Waals surface area contributed by atoms with Gasteiger partial charge in [0.15, 0.2) is 0 Å². The molecule has 1 amide bonds. The fraction of sp³-hybridized carbons (Fsp3) is 0.136. The average Bonchev–Trinajstić information content (AvgIpc) is 3.00. The van der Waals surface area contributed by atoms with E-state index in [0.29, 0.717) is 27.8 Å². The summed E-state index contributed by atoms with van der Waals surface area (Å²) in [5, 5.41) is 0.929. The summed E-state index contributed by atoms with van der Waals surface area (Å²) in [6.45, 7) is 4.12. The first-order chi connectivity index (χ1) is 13.9. The first kappa shape index (κ1) is 19.4. The van der Waals surface area contributed by atoms with E-state index in [-0.39, 0.29) is 5.91 Å². The van der Waals surface area contributed by atoms with Gasteiger partial charge in [-0.3, -0.25) is 9.78 Å². The molecule has 0 aliphatic carbocycles. The minimum absolute atomic E-state index is 0.159. The van der Waals surface area contributed by atoms with Crippen molar-refractivity contribution in [2.75, 3.05) is 4.90 Å². The van der Waals surface area contributed by atoms with Crippen molar-refractivity contribution in [1.82, 2.24) is 14.4 Å². The Hall–Kier alpha value is -2.89. The molecule has 0 bridgehead atoms. The number of amides is 1. The van der Waals surface area contributed by atoms with E-state index in [1.807, 2.05) is 42.6 Å². The maximum Gasteiger partial charge on any atom is 0.259 e. The summed E-state index contributed by atoms with van der Waals surface area (Å²) in [6.07, 6.45) is 5.23. The van der Waals surface area contributed by atoms with E-state index in [1.54, 1.807) is 41.6 Å². The molecule has 3 aromatic heterocycles. The van der Waals surface area contributed by atoms with Gasteiger partial charge in [0.1, 0.15) is 5.65 Å². The van der Waals surface area contributed by atoms with E-state index in [1.165, 1.54) is 0 Å². The van der Waals surface area contributed by atoms with Gasteiger partial charge in [0.2, 0.25) is 0 Å². The zero-order valence-corrected chi connectivity index (χ0v) is 17.4. The van der Waals surface area contributed by atoms with Crippen LogP contribution in [0.5, 0.6) is 0 Å². The lowest BCUT2D eigenvalue weighted by atomic mass is 10.1. The van der Waals surface area contributed by atoms with Gasteiger partial charge in [-0.1, -0.05) is 29.3 Å². The Morgan fingerprint density at radius 3 is 2.59 bits per heavy atom. The molecule has 0 atom stereocenters. The van der Waals surface area contributed by atoms with Crippen LogP contribution in [0.15, 0.2) is 61.1 Å². The molecular formula is C22H18Cl2N4O. The van der Waals surface area contributed by atoms with Crippen LogP contribution in [0.2, 0.25) is 10.0 Å². The first-order valence-electron chi connectivity index (χ1n) is 9.05. The highest BCUT2D eigenvalue weighted by Crippen LogP contribution is 2.29. The molecule has 3 heterocycles. The first-order valence-corrected chi connectivity index (χ1v) is 9.81. The smallest absolute Gasteiger partial charge is 0.259 e. The number of pyridine rings is 2. The van der Waals surface area contributed by atoms with Crippen molar-refractivity contribution in [2.45, 2.75) is 20.4 Å². The summed E-state index contributed by atoms with van der Waals surface area (Å²) in [6, 6.07) is 12.6. The summed E-state index contributed by atoms with van der Waals surface area (Å²) in [5.74, 6) is -0.159. The van der Waals surface area contributed by atoms with Gasteiger partial charge in [0.05, 0.1) is 17.9 Å². The monoisotopic (exact) mass is 424 g/mol. The number of fused-ring (bicyclic) bond motifs is 1. The van der Waals surface area contributed by atoms with E-state index in [4.69, 9.17) is 23.2 Å². The van der Waals surface area contributed by atoms with Crippen molar-refractivity contribution in [3.05, 3.63) is 93.6 Å². The molecule has 29 heavy (non-hydrogen) atoms. The van der Waals surface area contributed by atoms with Crippen LogP contribution in [0, 0.1) is 13.8 Å². The molecular weight excluding hydrogens is 407 g/mol. The Labute approximate surface area is 178 Å². The Morgan fingerprint density at radius 2 is 1.86 bits per heavy atom. The molecule has 0 aliphatic rings. The van der Waals surface area contributed by atoms with Crippen LogP contribution in [0.25, 0.3) is 5.65 Å². The molecule has 4 aromatic rings. The van der Waals surface area contributed by atoms with Crippen LogP contribution in [0.4, 0.5) is 5.69 Å². The molecule has 5 nitrogen and oxygen atoms in total. The third kappa shape index (κ3) is 3.84. The van der Waals surface area contributed by atoms with E-state index >= 15 is 0 Å². The quantitative estimate of drug-likeness (QED) is 0.434. The fourth-order valence-electron chi connectivity index (χ4n) is 3.34. The largest absolute Gasteiger partial charge is 0.302 e. The Bertz CT molecular complexity index is 1200. The number of anilines is 1. The highest BCUT2D eigenvalue weighted by Gasteiger charge is 2.23. The number of halogens is 2. The Balaban J connectivity index is 1.85. The maximum atomic E-state index is 13.5. The van der Waals surface area contributed by atoms with Crippen LogP contribution >= 0.6 is 23.2 Å². The molecule has 0 unspecified atom stereocenters. The molecule has 0 saturated carbocycles. The molecule has 0 N–H and O–H groups in total. The molecule has 4 rings (SSSR count). The van der Waals surface area contributed by atoms with Gasteiger partial charge in [-0.05, 0) is 55.8 Å². The van der Waals surface area contributed by atoms with Gasteiger partial charge in [0.25, 0.3) is 5.91 Å². The second-order valence-electron chi connectivity index (χ2n) is 6.78. The summed E-state index contributed by atoms with van der Waals surface area (Å²) < 4.78 is 1.99. The summed E-state index contributed by atoms with van der Waals surface area (Å²) >= 11 is 12.5. The zero-order chi connectivity index (χ0) is 20.5. The number of hydrogen-bond acceptors (Lipinski definition) is 3. The highest BCUT2D eigenvalue weighted by molar-refractivity contribution is 6.35. The molecule has 0 saturated heterocycles.